The molecule has 1 amide bonds. The molecule has 20 heavy (non-hydrogen) atoms. The van der Waals surface area contributed by atoms with Gasteiger partial charge in [-0.15, -0.1) is 0 Å². The number of benzene rings is 1. The molecule has 0 saturated heterocycles. The summed E-state index contributed by atoms with van der Waals surface area (Å²) in [6, 6.07) is 7.67. The van der Waals surface area contributed by atoms with Gasteiger partial charge in [-0.3, -0.25) is 4.79 Å². The Kier molecular flexibility index (Phi) is 5.45. The summed E-state index contributed by atoms with van der Waals surface area (Å²) in [7, 11) is 0. The predicted octanol–water partition coefficient (Wildman–Crippen LogP) is 4.24. The average molecular weight is 275 g/mol. The first-order chi connectivity index (χ1) is 9.65. The first kappa shape index (κ1) is 14.9. The molecule has 2 rings (SSSR count). The number of amides is 1. The fourth-order valence-corrected chi connectivity index (χ4v) is 2.63. The van der Waals surface area contributed by atoms with Crippen molar-refractivity contribution in [2.45, 2.75) is 46.0 Å². The molecule has 1 aromatic carbocycles. The van der Waals surface area contributed by atoms with Gasteiger partial charge in [0.15, 0.2) is 0 Å². The topological polar surface area (TPSA) is 38.3 Å². The Morgan fingerprint density at radius 1 is 1.30 bits per heavy atom. The van der Waals surface area contributed by atoms with E-state index in [0.717, 1.165) is 11.4 Å². The summed E-state index contributed by atoms with van der Waals surface area (Å²) < 4.78 is 5.75. The maximum Gasteiger partial charge on any atom is 0.224 e. The van der Waals surface area contributed by atoms with Crippen molar-refractivity contribution in [3.63, 3.8) is 0 Å². The molecule has 110 valence electrons. The van der Waals surface area contributed by atoms with Gasteiger partial charge in [-0.1, -0.05) is 38.8 Å². The number of para-hydroxylation sites is 2. The van der Waals surface area contributed by atoms with Crippen LogP contribution >= 0.6 is 0 Å². The zero-order valence-electron chi connectivity index (χ0n) is 12.5. The summed E-state index contributed by atoms with van der Waals surface area (Å²) in [5, 5.41) is 3.00. The van der Waals surface area contributed by atoms with Crippen molar-refractivity contribution in [2.24, 2.45) is 11.8 Å². The number of carbonyl (C=O) groups excluding carboxylic acids is 1. The Morgan fingerprint density at radius 2 is 2.00 bits per heavy atom. The van der Waals surface area contributed by atoms with Gasteiger partial charge in [0.25, 0.3) is 0 Å². The van der Waals surface area contributed by atoms with Crippen LogP contribution in [0.25, 0.3) is 0 Å². The number of ether oxygens (including phenoxy) is 1. The second-order valence-corrected chi connectivity index (χ2v) is 6.10. The zero-order chi connectivity index (χ0) is 14.4. The Bertz CT molecular complexity index is 436. The van der Waals surface area contributed by atoms with Gasteiger partial charge < -0.3 is 10.1 Å². The highest BCUT2D eigenvalue weighted by Gasteiger charge is 2.19. The largest absolute Gasteiger partial charge is 0.491 e. The van der Waals surface area contributed by atoms with E-state index in [-0.39, 0.29) is 5.91 Å². The van der Waals surface area contributed by atoms with Crippen molar-refractivity contribution >= 4 is 11.6 Å². The summed E-state index contributed by atoms with van der Waals surface area (Å²) in [6.07, 6.45) is 5.56. The highest BCUT2D eigenvalue weighted by atomic mass is 16.5. The summed E-state index contributed by atoms with van der Waals surface area (Å²) >= 11 is 0. The molecule has 1 N–H and O–H groups in total. The highest BCUT2D eigenvalue weighted by molar-refractivity contribution is 5.92. The van der Waals surface area contributed by atoms with E-state index in [2.05, 4.69) is 19.2 Å². The van der Waals surface area contributed by atoms with E-state index in [0.29, 0.717) is 24.9 Å². The van der Waals surface area contributed by atoms with E-state index in [9.17, 15) is 4.79 Å². The van der Waals surface area contributed by atoms with Crippen LogP contribution in [0.3, 0.4) is 0 Å². The standard InChI is InChI=1S/C17H25NO2/c1-13(2)12-20-16-10-6-5-9-15(16)18-17(19)11-14-7-3-4-8-14/h5-6,9-10,13-14H,3-4,7-8,11-12H2,1-2H3,(H,18,19). The third-order valence-electron chi connectivity index (χ3n) is 3.68. The molecular formula is C17H25NO2. The summed E-state index contributed by atoms with van der Waals surface area (Å²) in [4.78, 5) is 12.1. The normalized spacial score (nSPS) is 15.6. The fourth-order valence-electron chi connectivity index (χ4n) is 2.63. The van der Waals surface area contributed by atoms with Crippen molar-refractivity contribution in [3.8, 4) is 5.75 Å². The number of nitrogens with one attached hydrogen (secondary N) is 1. The van der Waals surface area contributed by atoms with Crippen molar-refractivity contribution in [2.75, 3.05) is 11.9 Å². The maximum atomic E-state index is 12.1. The zero-order valence-corrected chi connectivity index (χ0v) is 12.5. The van der Waals surface area contributed by atoms with E-state index in [1.807, 2.05) is 24.3 Å². The van der Waals surface area contributed by atoms with Gasteiger partial charge in [-0.25, -0.2) is 0 Å². The van der Waals surface area contributed by atoms with E-state index < -0.39 is 0 Å². The van der Waals surface area contributed by atoms with Crippen LogP contribution in [0.1, 0.15) is 46.0 Å². The maximum absolute atomic E-state index is 12.1. The van der Waals surface area contributed by atoms with E-state index in [1.54, 1.807) is 0 Å². The lowest BCUT2D eigenvalue weighted by molar-refractivity contribution is -0.117. The van der Waals surface area contributed by atoms with Crippen molar-refractivity contribution in [1.29, 1.82) is 0 Å². The molecular weight excluding hydrogens is 250 g/mol. The third-order valence-corrected chi connectivity index (χ3v) is 3.68. The smallest absolute Gasteiger partial charge is 0.224 e. The van der Waals surface area contributed by atoms with Crippen molar-refractivity contribution < 1.29 is 9.53 Å². The fraction of sp³-hybridized carbons (Fsp3) is 0.588. The number of anilines is 1. The van der Waals surface area contributed by atoms with E-state index >= 15 is 0 Å². The van der Waals surface area contributed by atoms with Crippen LogP contribution in [0, 0.1) is 11.8 Å². The minimum Gasteiger partial charge on any atom is -0.491 e. The van der Waals surface area contributed by atoms with Gasteiger partial charge in [0.1, 0.15) is 5.75 Å². The van der Waals surface area contributed by atoms with Gasteiger partial charge in [0, 0.05) is 6.42 Å². The SMILES string of the molecule is CC(C)COc1ccccc1NC(=O)CC1CCCC1. The Labute approximate surface area is 121 Å². The van der Waals surface area contributed by atoms with Crippen LogP contribution in [0.2, 0.25) is 0 Å². The third kappa shape index (κ3) is 4.55. The number of rotatable bonds is 6. The van der Waals surface area contributed by atoms with Crippen LogP contribution < -0.4 is 10.1 Å². The van der Waals surface area contributed by atoms with Crippen LogP contribution in [-0.4, -0.2) is 12.5 Å². The van der Waals surface area contributed by atoms with Crippen molar-refractivity contribution in [3.05, 3.63) is 24.3 Å². The first-order valence-corrected chi connectivity index (χ1v) is 7.67. The first-order valence-electron chi connectivity index (χ1n) is 7.67. The second kappa shape index (κ2) is 7.32. The molecule has 0 bridgehead atoms. The molecule has 1 aliphatic carbocycles. The average Bonchev–Trinajstić information content (AvgIpc) is 2.90. The predicted molar refractivity (Wildman–Crippen MR) is 82.0 cm³/mol. The summed E-state index contributed by atoms with van der Waals surface area (Å²) in [5.74, 6) is 1.91. The molecule has 0 heterocycles. The molecule has 3 nitrogen and oxygen atoms in total. The highest BCUT2D eigenvalue weighted by Crippen LogP contribution is 2.29. The molecule has 1 fully saturated rings. The molecule has 0 aromatic heterocycles. The van der Waals surface area contributed by atoms with Crippen LogP contribution in [0.4, 0.5) is 5.69 Å². The molecule has 1 aliphatic rings. The van der Waals surface area contributed by atoms with Gasteiger partial charge in [-0.05, 0) is 36.8 Å². The van der Waals surface area contributed by atoms with Crippen LogP contribution in [0.15, 0.2) is 24.3 Å². The van der Waals surface area contributed by atoms with Crippen LogP contribution in [-0.2, 0) is 4.79 Å². The summed E-state index contributed by atoms with van der Waals surface area (Å²) in [5.41, 5.74) is 0.788. The monoisotopic (exact) mass is 275 g/mol. The Balaban J connectivity index is 1.91. The van der Waals surface area contributed by atoms with Crippen LogP contribution in [0.5, 0.6) is 5.75 Å². The Morgan fingerprint density at radius 3 is 2.70 bits per heavy atom. The molecule has 3 heteroatoms. The van der Waals surface area contributed by atoms with Gasteiger partial charge >= 0.3 is 0 Å². The number of carbonyl (C=O) groups is 1. The molecule has 1 aromatic rings. The number of hydrogen-bond donors (Lipinski definition) is 1. The molecule has 0 atom stereocenters. The minimum atomic E-state index is 0.109. The molecule has 0 aliphatic heterocycles. The number of hydrogen-bond acceptors (Lipinski definition) is 2. The lowest BCUT2D eigenvalue weighted by Gasteiger charge is -2.15. The molecule has 0 radical (unpaired) electrons. The van der Waals surface area contributed by atoms with Gasteiger partial charge in [-0.2, -0.15) is 0 Å². The van der Waals surface area contributed by atoms with Crippen molar-refractivity contribution in [1.82, 2.24) is 0 Å². The van der Waals surface area contributed by atoms with Gasteiger partial charge in [0.2, 0.25) is 5.91 Å². The molecule has 0 unspecified atom stereocenters. The summed E-state index contributed by atoms with van der Waals surface area (Å²) in [6.45, 7) is 4.89. The molecule has 0 spiro atoms. The second-order valence-electron chi connectivity index (χ2n) is 6.10. The van der Waals surface area contributed by atoms with Gasteiger partial charge in [0.05, 0.1) is 12.3 Å². The van der Waals surface area contributed by atoms with E-state index in [1.165, 1.54) is 25.7 Å². The lowest BCUT2D eigenvalue weighted by Crippen LogP contribution is -2.16. The quantitative estimate of drug-likeness (QED) is 0.843. The molecule has 1 saturated carbocycles. The minimum absolute atomic E-state index is 0.109. The lowest BCUT2D eigenvalue weighted by atomic mass is 10.0. The van der Waals surface area contributed by atoms with E-state index in [4.69, 9.17) is 4.74 Å². The Hall–Kier alpha value is -1.51.